The number of rotatable bonds is 1. The molecule has 1 atom stereocenters. The van der Waals surface area contributed by atoms with Crippen LogP contribution >= 0.6 is 0 Å². The summed E-state index contributed by atoms with van der Waals surface area (Å²) < 4.78 is 7.04. The van der Waals surface area contributed by atoms with Gasteiger partial charge in [0.05, 0.1) is 11.8 Å². The predicted molar refractivity (Wildman–Crippen MR) is 66.8 cm³/mol. The Morgan fingerprint density at radius 3 is 2.78 bits per heavy atom. The topological polar surface area (TPSA) is 47.4 Å². The van der Waals surface area contributed by atoms with Crippen LogP contribution in [0.3, 0.4) is 0 Å². The number of hydrogen-bond acceptors (Lipinski definition) is 3. The molecule has 1 amide bonds. The van der Waals surface area contributed by atoms with Crippen molar-refractivity contribution in [3.63, 3.8) is 0 Å². The first-order valence-corrected chi connectivity index (χ1v) is 5.91. The second-order valence-corrected chi connectivity index (χ2v) is 5.30. The van der Waals surface area contributed by atoms with Crippen LogP contribution in [0.1, 0.15) is 38.9 Å². The quantitative estimate of drug-likeness (QED) is 0.713. The number of nitrogens with zero attached hydrogens (tertiary/aromatic N) is 3. The van der Waals surface area contributed by atoms with Gasteiger partial charge in [-0.3, -0.25) is 4.90 Å². The van der Waals surface area contributed by atoms with Crippen LogP contribution in [-0.2, 0) is 4.74 Å². The lowest BCUT2D eigenvalue weighted by atomic mass is 10.1. The Labute approximate surface area is 107 Å². The first-order chi connectivity index (χ1) is 8.40. The lowest BCUT2D eigenvalue weighted by Crippen LogP contribution is -2.49. The van der Waals surface area contributed by atoms with Crippen molar-refractivity contribution in [2.45, 2.75) is 39.0 Å². The molecular weight excluding hydrogens is 230 g/mol. The van der Waals surface area contributed by atoms with Crippen LogP contribution in [0.15, 0.2) is 12.4 Å². The van der Waals surface area contributed by atoms with Crippen LogP contribution in [-0.4, -0.2) is 32.9 Å². The maximum atomic E-state index is 11.9. The summed E-state index contributed by atoms with van der Waals surface area (Å²) in [5, 5.41) is 4.16. The molecule has 1 aliphatic rings. The van der Waals surface area contributed by atoms with Gasteiger partial charge in [0.15, 0.2) is 0 Å². The first kappa shape index (κ1) is 12.5. The van der Waals surface area contributed by atoms with Crippen LogP contribution in [0.4, 0.5) is 4.79 Å². The second kappa shape index (κ2) is 4.37. The van der Waals surface area contributed by atoms with E-state index < -0.39 is 5.60 Å². The van der Waals surface area contributed by atoms with Crippen LogP contribution in [0.5, 0.6) is 0 Å². The van der Waals surface area contributed by atoms with Gasteiger partial charge in [0.2, 0.25) is 0 Å². The lowest BCUT2D eigenvalue weighted by Gasteiger charge is -2.41. The highest BCUT2D eigenvalue weighted by molar-refractivity contribution is 5.69. The molecule has 1 aliphatic heterocycles. The molecule has 0 radical (unpaired) electrons. The molecule has 0 aromatic carbocycles. The van der Waals surface area contributed by atoms with E-state index in [0.717, 1.165) is 6.42 Å². The molecule has 0 bridgehead atoms. The van der Waals surface area contributed by atoms with Gasteiger partial charge in [-0.1, -0.05) is 5.92 Å². The minimum atomic E-state index is -0.481. The Bertz CT molecular complexity index is 493. The molecule has 96 valence electrons. The number of hydrogen-bond donors (Lipinski definition) is 0. The van der Waals surface area contributed by atoms with E-state index in [4.69, 9.17) is 11.2 Å². The molecule has 18 heavy (non-hydrogen) atoms. The van der Waals surface area contributed by atoms with Gasteiger partial charge >= 0.3 is 6.09 Å². The number of amides is 1. The lowest BCUT2D eigenvalue weighted by molar-refractivity contribution is -0.0256. The highest BCUT2D eigenvalue weighted by Crippen LogP contribution is 2.29. The summed E-state index contributed by atoms with van der Waals surface area (Å²) in [6.07, 6.45) is 9.15. The van der Waals surface area contributed by atoms with Crippen LogP contribution < -0.4 is 0 Å². The molecule has 1 saturated heterocycles. The third-order valence-corrected chi connectivity index (χ3v) is 2.69. The average molecular weight is 247 g/mol. The number of aromatic nitrogens is 2. The number of terminal acetylenes is 1. The fourth-order valence-electron chi connectivity index (χ4n) is 1.76. The van der Waals surface area contributed by atoms with Gasteiger partial charge in [0.25, 0.3) is 0 Å². The standard InChI is InChI=1S/C13H17N3O2/c1-5-10-8-14-16(9-10)11-6-7-15(11)12(17)18-13(2,3)4/h1,8-9,11H,6-7H2,2-4H3. The van der Waals surface area contributed by atoms with Gasteiger partial charge in [-0.2, -0.15) is 5.10 Å². The number of likely N-dealkylation sites (tertiary alicyclic amines) is 1. The highest BCUT2D eigenvalue weighted by Gasteiger charge is 2.36. The van der Waals surface area contributed by atoms with E-state index in [0.29, 0.717) is 12.1 Å². The third kappa shape index (κ3) is 2.48. The molecular formula is C13H17N3O2. The molecule has 1 fully saturated rings. The summed E-state index contributed by atoms with van der Waals surface area (Å²) in [6.45, 7) is 6.24. The number of carbonyl (C=O) groups is 1. The SMILES string of the molecule is C#Cc1cnn(C2CCN2C(=O)OC(C)(C)C)c1. The molecule has 0 N–H and O–H groups in total. The summed E-state index contributed by atoms with van der Waals surface area (Å²) >= 11 is 0. The van der Waals surface area contributed by atoms with E-state index in [1.54, 1.807) is 22.0 Å². The zero-order chi connectivity index (χ0) is 13.3. The van der Waals surface area contributed by atoms with E-state index in [1.165, 1.54) is 0 Å². The Hall–Kier alpha value is -1.96. The van der Waals surface area contributed by atoms with Crippen molar-refractivity contribution >= 4 is 6.09 Å². The van der Waals surface area contributed by atoms with Crippen LogP contribution in [0.2, 0.25) is 0 Å². The highest BCUT2D eigenvalue weighted by atomic mass is 16.6. The van der Waals surface area contributed by atoms with Crippen molar-refractivity contribution < 1.29 is 9.53 Å². The minimum absolute atomic E-state index is 0.0815. The molecule has 5 nitrogen and oxygen atoms in total. The summed E-state index contributed by atoms with van der Waals surface area (Å²) in [5.41, 5.74) is 0.233. The fraction of sp³-hybridized carbons (Fsp3) is 0.538. The van der Waals surface area contributed by atoms with Crippen molar-refractivity contribution in [1.29, 1.82) is 0 Å². The van der Waals surface area contributed by atoms with E-state index >= 15 is 0 Å². The van der Waals surface area contributed by atoms with Crippen molar-refractivity contribution in [2.24, 2.45) is 0 Å². The normalized spacial score (nSPS) is 19.0. The summed E-state index contributed by atoms with van der Waals surface area (Å²) in [5.74, 6) is 2.51. The van der Waals surface area contributed by atoms with Gasteiger partial charge in [0, 0.05) is 19.2 Å². The Kier molecular flexibility index (Phi) is 3.04. The maximum absolute atomic E-state index is 11.9. The molecule has 0 spiro atoms. The first-order valence-electron chi connectivity index (χ1n) is 5.91. The summed E-state index contributed by atoms with van der Waals surface area (Å²) in [4.78, 5) is 13.6. The molecule has 2 rings (SSSR count). The Morgan fingerprint density at radius 1 is 1.61 bits per heavy atom. The fourth-order valence-corrected chi connectivity index (χ4v) is 1.76. The molecule has 1 aromatic heterocycles. The molecule has 0 aliphatic carbocycles. The molecule has 2 heterocycles. The second-order valence-electron chi connectivity index (χ2n) is 5.30. The molecule has 0 saturated carbocycles. The van der Waals surface area contributed by atoms with Gasteiger partial charge in [-0.15, -0.1) is 6.42 Å². The van der Waals surface area contributed by atoms with Gasteiger partial charge < -0.3 is 4.74 Å². The molecule has 1 unspecified atom stereocenters. The van der Waals surface area contributed by atoms with Crippen LogP contribution in [0, 0.1) is 12.3 Å². The summed E-state index contributed by atoms with van der Waals surface area (Å²) in [7, 11) is 0. The van der Waals surface area contributed by atoms with E-state index in [9.17, 15) is 4.79 Å². The van der Waals surface area contributed by atoms with Crippen molar-refractivity contribution in [3.05, 3.63) is 18.0 Å². The smallest absolute Gasteiger partial charge is 0.412 e. The van der Waals surface area contributed by atoms with Gasteiger partial charge in [-0.25, -0.2) is 9.48 Å². The average Bonchev–Trinajstić information content (AvgIpc) is 2.61. The zero-order valence-corrected chi connectivity index (χ0v) is 10.9. The van der Waals surface area contributed by atoms with Crippen molar-refractivity contribution in [2.75, 3.05) is 6.54 Å². The monoisotopic (exact) mass is 247 g/mol. The third-order valence-electron chi connectivity index (χ3n) is 2.69. The van der Waals surface area contributed by atoms with E-state index in [2.05, 4.69) is 11.0 Å². The molecule has 5 heteroatoms. The van der Waals surface area contributed by atoms with Crippen LogP contribution in [0.25, 0.3) is 0 Å². The van der Waals surface area contributed by atoms with Gasteiger partial charge in [0.1, 0.15) is 11.8 Å². The van der Waals surface area contributed by atoms with Crippen molar-refractivity contribution in [1.82, 2.24) is 14.7 Å². The minimum Gasteiger partial charge on any atom is -0.444 e. The number of ether oxygens (including phenoxy) is 1. The maximum Gasteiger partial charge on any atom is 0.412 e. The van der Waals surface area contributed by atoms with Gasteiger partial charge in [-0.05, 0) is 20.8 Å². The Balaban J connectivity index is 2.04. The largest absolute Gasteiger partial charge is 0.444 e. The summed E-state index contributed by atoms with van der Waals surface area (Å²) in [6, 6.07) is 0. The Morgan fingerprint density at radius 2 is 2.33 bits per heavy atom. The molecule has 1 aromatic rings. The van der Waals surface area contributed by atoms with E-state index in [1.807, 2.05) is 20.8 Å². The zero-order valence-electron chi connectivity index (χ0n) is 10.9. The van der Waals surface area contributed by atoms with Crippen molar-refractivity contribution in [3.8, 4) is 12.3 Å². The number of carbonyl (C=O) groups excluding carboxylic acids is 1. The predicted octanol–water partition coefficient (Wildman–Crippen LogP) is 2.00. The van der Waals surface area contributed by atoms with E-state index in [-0.39, 0.29) is 12.3 Å².